The van der Waals surface area contributed by atoms with Gasteiger partial charge in [-0.2, -0.15) is 0 Å². The first-order valence-electron chi connectivity index (χ1n) is 4.47. The number of hydrogen-bond donors (Lipinski definition) is 0. The van der Waals surface area contributed by atoms with Crippen LogP contribution in [0.5, 0.6) is 5.75 Å². The van der Waals surface area contributed by atoms with E-state index in [0.29, 0.717) is 10.9 Å². The Morgan fingerprint density at radius 2 is 2.18 bits per heavy atom. The molecule has 0 N–H and O–H groups in total. The number of hydrogen-bond acceptors (Lipinski definition) is 5. The Hall–Kier alpha value is -2.21. The highest BCUT2D eigenvalue weighted by Crippen LogP contribution is 2.28. The second kappa shape index (κ2) is 4.34. The van der Waals surface area contributed by atoms with Crippen LogP contribution in [0.1, 0.15) is 0 Å². The smallest absolute Gasteiger partial charge is 0.298 e. The fourth-order valence-corrected chi connectivity index (χ4v) is 1.56. The molecular weight excluding hydrogens is 248 g/mol. The molecule has 17 heavy (non-hydrogen) atoms. The van der Waals surface area contributed by atoms with Gasteiger partial charge in [-0.25, -0.2) is 4.98 Å². The highest BCUT2D eigenvalue weighted by Gasteiger charge is 2.10. The third kappa shape index (κ3) is 2.16. The van der Waals surface area contributed by atoms with E-state index in [1.165, 1.54) is 24.3 Å². The molecule has 0 aliphatic rings. The van der Waals surface area contributed by atoms with E-state index in [-0.39, 0.29) is 23.1 Å². The van der Waals surface area contributed by atoms with Gasteiger partial charge in [-0.05, 0) is 12.1 Å². The molecular formula is C10H5ClN2O4. The van der Waals surface area contributed by atoms with Crippen LogP contribution in [0.25, 0.3) is 10.9 Å². The minimum absolute atomic E-state index is 0.0263. The van der Waals surface area contributed by atoms with Crippen molar-refractivity contribution < 1.29 is 14.5 Å². The summed E-state index contributed by atoms with van der Waals surface area (Å²) < 4.78 is 4.60. The molecule has 2 rings (SSSR count). The van der Waals surface area contributed by atoms with Gasteiger partial charge in [0.2, 0.25) is 0 Å². The third-order valence-electron chi connectivity index (χ3n) is 2.11. The van der Waals surface area contributed by atoms with E-state index in [1.54, 1.807) is 0 Å². The first-order valence-corrected chi connectivity index (χ1v) is 4.84. The maximum Gasteiger partial charge on any atom is 0.298 e. The van der Waals surface area contributed by atoms with Crippen LogP contribution in [0.4, 0.5) is 5.69 Å². The Labute approximate surface area is 99.9 Å². The molecule has 1 heterocycles. The van der Waals surface area contributed by atoms with Crippen LogP contribution in [0.15, 0.2) is 24.3 Å². The molecule has 0 atom stereocenters. The Balaban J connectivity index is 2.63. The van der Waals surface area contributed by atoms with E-state index >= 15 is 0 Å². The summed E-state index contributed by atoms with van der Waals surface area (Å²) in [7, 11) is 0. The Bertz CT molecular complexity index is 615. The maximum atomic E-state index is 10.6. The van der Waals surface area contributed by atoms with Crippen LogP contribution in [0.3, 0.4) is 0 Å². The summed E-state index contributed by atoms with van der Waals surface area (Å²) in [6, 6.07) is 5.55. The lowest BCUT2D eigenvalue weighted by atomic mass is 10.2. The first-order chi connectivity index (χ1) is 8.11. The summed E-state index contributed by atoms with van der Waals surface area (Å²) in [6.45, 7) is 0.214. The van der Waals surface area contributed by atoms with Gasteiger partial charge in [0, 0.05) is 17.5 Å². The monoisotopic (exact) mass is 252 g/mol. The Morgan fingerprint density at radius 1 is 1.41 bits per heavy atom. The summed E-state index contributed by atoms with van der Waals surface area (Å²) in [4.78, 5) is 24.2. The zero-order valence-corrected chi connectivity index (χ0v) is 9.05. The third-order valence-corrected chi connectivity index (χ3v) is 2.38. The van der Waals surface area contributed by atoms with Gasteiger partial charge in [-0.3, -0.25) is 14.9 Å². The van der Waals surface area contributed by atoms with Crippen molar-refractivity contribution in [1.29, 1.82) is 0 Å². The number of carbonyl (C=O) groups excluding carboxylic acids is 1. The average molecular weight is 253 g/mol. The van der Waals surface area contributed by atoms with E-state index in [4.69, 9.17) is 11.6 Å². The quantitative estimate of drug-likeness (QED) is 0.362. The molecule has 0 fully saturated rings. The molecule has 0 saturated carbocycles. The number of carbonyl (C=O) groups is 1. The molecule has 0 aliphatic heterocycles. The van der Waals surface area contributed by atoms with Crippen molar-refractivity contribution in [3.05, 3.63) is 39.5 Å². The van der Waals surface area contributed by atoms with Gasteiger partial charge in [-0.15, -0.1) is 0 Å². The van der Waals surface area contributed by atoms with E-state index in [9.17, 15) is 14.9 Å². The highest BCUT2D eigenvalue weighted by molar-refractivity contribution is 6.31. The number of nitro benzene ring substituents is 1. The molecule has 0 aliphatic carbocycles. The molecule has 0 amide bonds. The second-order valence-electron chi connectivity index (χ2n) is 3.13. The van der Waals surface area contributed by atoms with Crippen molar-refractivity contribution in [3.63, 3.8) is 0 Å². The van der Waals surface area contributed by atoms with Crippen molar-refractivity contribution in [2.75, 3.05) is 0 Å². The molecule has 1 aromatic carbocycles. The fraction of sp³-hybridized carbons (Fsp3) is 0. The van der Waals surface area contributed by atoms with Gasteiger partial charge < -0.3 is 4.74 Å². The molecule has 0 spiro atoms. The number of pyridine rings is 1. The standard InChI is InChI=1S/C10H5ClN2O4/c11-10-9(17-5-14)4-6-3-7(13(15)16)1-2-8(6)12-10/h1-5H. The van der Waals surface area contributed by atoms with Crippen LogP contribution < -0.4 is 4.74 Å². The topological polar surface area (TPSA) is 82.3 Å². The molecule has 7 heteroatoms. The van der Waals surface area contributed by atoms with Crippen molar-refractivity contribution in [1.82, 2.24) is 4.98 Å². The number of benzene rings is 1. The number of rotatable bonds is 3. The van der Waals surface area contributed by atoms with E-state index in [2.05, 4.69) is 9.72 Å². The largest absolute Gasteiger partial charge is 0.425 e. The lowest BCUT2D eigenvalue weighted by Crippen LogP contribution is -1.93. The number of non-ortho nitro benzene ring substituents is 1. The van der Waals surface area contributed by atoms with Crippen molar-refractivity contribution >= 4 is 34.7 Å². The van der Waals surface area contributed by atoms with Crippen LogP contribution in [0, 0.1) is 10.1 Å². The molecule has 0 radical (unpaired) electrons. The van der Waals surface area contributed by atoms with Gasteiger partial charge in [0.05, 0.1) is 10.4 Å². The molecule has 1 aromatic heterocycles. The van der Waals surface area contributed by atoms with Crippen molar-refractivity contribution in [3.8, 4) is 5.75 Å². The van der Waals surface area contributed by atoms with Gasteiger partial charge in [0.1, 0.15) is 0 Å². The Kier molecular flexibility index (Phi) is 2.88. The summed E-state index contributed by atoms with van der Waals surface area (Å²) in [5.74, 6) is 0.0645. The van der Waals surface area contributed by atoms with Crippen LogP contribution in [-0.2, 0) is 4.79 Å². The maximum absolute atomic E-state index is 10.6. The van der Waals surface area contributed by atoms with E-state index in [1.807, 2.05) is 0 Å². The van der Waals surface area contributed by atoms with Crippen LogP contribution in [0.2, 0.25) is 5.15 Å². The number of ether oxygens (including phenoxy) is 1. The number of halogens is 1. The average Bonchev–Trinajstić information content (AvgIpc) is 2.29. The zero-order valence-electron chi connectivity index (χ0n) is 8.29. The number of fused-ring (bicyclic) bond motifs is 1. The van der Waals surface area contributed by atoms with Gasteiger partial charge in [0.25, 0.3) is 12.2 Å². The Morgan fingerprint density at radius 3 is 2.82 bits per heavy atom. The summed E-state index contributed by atoms with van der Waals surface area (Å²) >= 11 is 5.76. The molecule has 2 aromatic rings. The van der Waals surface area contributed by atoms with E-state index in [0.717, 1.165) is 0 Å². The van der Waals surface area contributed by atoms with Gasteiger partial charge >= 0.3 is 0 Å². The SMILES string of the molecule is O=COc1cc2cc([N+](=O)[O-])ccc2nc1Cl. The van der Waals surface area contributed by atoms with Crippen LogP contribution in [-0.4, -0.2) is 16.4 Å². The normalized spacial score (nSPS) is 10.2. The predicted octanol–water partition coefficient (Wildman–Crippen LogP) is 2.33. The molecule has 0 saturated heterocycles. The zero-order chi connectivity index (χ0) is 12.4. The van der Waals surface area contributed by atoms with Gasteiger partial charge in [-0.1, -0.05) is 11.6 Å². The predicted molar refractivity (Wildman–Crippen MR) is 60.1 cm³/mol. The molecule has 6 nitrogen and oxygen atoms in total. The second-order valence-corrected chi connectivity index (χ2v) is 3.48. The summed E-state index contributed by atoms with van der Waals surface area (Å²) in [5.41, 5.74) is 0.414. The van der Waals surface area contributed by atoms with Crippen LogP contribution >= 0.6 is 11.6 Å². The minimum atomic E-state index is -0.520. The van der Waals surface area contributed by atoms with Crippen molar-refractivity contribution in [2.45, 2.75) is 0 Å². The lowest BCUT2D eigenvalue weighted by molar-refractivity contribution is -0.384. The number of nitrogens with zero attached hydrogens (tertiary/aromatic N) is 2. The first kappa shape index (κ1) is 11.3. The molecule has 0 bridgehead atoms. The van der Waals surface area contributed by atoms with Crippen molar-refractivity contribution in [2.24, 2.45) is 0 Å². The number of aromatic nitrogens is 1. The number of nitro groups is 1. The summed E-state index contributed by atoms with van der Waals surface area (Å²) in [6.07, 6.45) is 0. The molecule has 86 valence electrons. The minimum Gasteiger partial charge on any atom is -0.425 e. The van der Waals surface area contributed by atoms with Gasteiger partial charge in [0.15, 0.2) is 10.9 Å². The highest BCUT2D eigenvalue weighted by atomic mass is 35.5. The summed E-state index contributed by atoms with van der Waals surface area (Å²) in [5, 5.41) is 11.1. The lowest BCUT2D eigenvalue weighted by Gasteiger charge is -2.03. The van der Waals surface area contributed by atoms with E-state index < -0.39 is 4.92 Å². The fourth-order valence-electron chi connectivity index (χ4n) is 1.37. The molecule has 0 unspecified atom stereocenters.